The molecule has 2 fully saturated rings. The maximum atomic E-state index is 16.3. The Kier molecular flexibility index (Phi) is 27.5. The molecule has 34 nitrogen and oxygen atoms in total. The van der Waals surface area contributed by atoms with Gasteiger partial charge in [0.1, 0.15) is 83.7 Å². The van der Waals surface area contributed by atoms with Crippen LogP contribution >= 0.6 is 11.6 Å². The summed E-state index contributed by atoms with van der Waals surface area (Å²) in [6.07, 6.45) is -13.6. The molecule has 0 aliphatic carbocycles. The van der Waals surface area contributed by atoms with Crippen molar-refractivity contribution in [2.75, 3.05) is 20.2 Å². The second-order valence-electron chi connectivity index (χ2n) is 29.4. The van der Waals surface area contributed by atoms with Crippen LogP contribution in [-0.4, -0.2) is 193 Å². The van der Waals surface area contributed by atoms with E-state index in [4.69, 9.17) is 56.2 Å². The number of aliphatic carboxylic acids is 1. The number of nitrogens with two attached hydrogens (primary N) is 2. The zero-order valence-corrected chi connectivity index (χ0v) is 63.6. The van der Waals surface area contributed by atoms with Crippen molar-refractivity contribution in [3.8, 4) is 51.4 Å². The van der Waals surface area contributed by atoms with Crippen LogP contribution in [0.1, 0.15) is 162 Å². The van der Waals surface area contributed by atoms with Crippen LogP contribution in [0, 0.1) is 19.8 Å². The number of aliphatic hydroxyl groups is 6. The molecule has 7 heterocycles. The number of carbonyl (C=O) groups excluding carboxylic acids is 8. The van der Waals surface area contributed by atoms with E-state index in [0.717, 1.165) is 62.4 Å². The first-order valence-corrected chi connectivity index (χ1v) is 37.3. The zero-order chi connectivity index (χ0) is 81.5. The van der Waals surface area contributed by atoms with Crippen LogP contribution in [0.3, 0.4) is 0 Å². The van der Waals surface area contributed by atoms with Crippen molar-refractivity contribution in [1.82, 2.24) is 42.5 Å². The molecule has 0 unspecified atom stereocenters. The monoisotopic (exact) mass is 1580 g/mol. The summed E-state index contributed by atoms with van der Waals surface area (Å²) in [4.78, 5) is 132. The van der Waals surface area contributed by atoms with Gasteiger partial charge in [0.25, 0.3) is 0 Å². The normalized spacial score (nSPS) is 27.6. The minimum Gasteiger partial charge on any atom is -0.507 e. The van der Waals surface area contributed by atoms with Crippen LogP contribution in [0.25, 0.3) is 11.1 Å². The summed E-state index contributed by atoms with van der Waals surface area (Å²) in [6.45, 7) is 11.1. The molecule has 2 saturated heterocycles. The molecule has 606 valence electrons. The molecule has 5 aromatic rings. The van der Waals surface area contributed by atoms with Crippen molar-refractivity contribution < 1.29 is 117 Å². The number of hydrogen-bond donors (Lipinski definition) is 18. The smallest absolute Gasteiger partial charge is 0.412 e. The summed E-state index contributed by atoms with van der Waals surface area (Å²) in [6, 6.07) is 1.78. The van der Waals surface area contributed by atoms with Crippen LogP contribution in [0.15, 0.2) is 78.9 Å². The number of phenolic OH excluding ortho intramolecular Hbond substituents is 1. The van der Waals surface area contributed by atoms with E-state index in [-0.39, 0.29) is 87.1 Å². The number of carboxylic acid groups (broad SMARTS) is 1. The second-order valence-corrected chi connectivity index (χ2v) is 29.8. The Bertz CT molecular complexity index is 4360. The van der Waals surface area contributed by atoms with Gasteiger partial charge in [-0.2, -0.15) is 0 Å². The number of likely N-dealkylation sites (N-methyl/N-ethyl adjacent to an activating group) is 1. The van der Waals surface area contributed by atoms with Crippen molar-refractivity contribution in [1.29, 1.82) is 0 Å². The molecule has 11 bridgehead atoms. The van der Waals surface area contributed by atoms with Gasteiger partial charge in [0.15, 0.2) is 29.9 Å². The Morgan fingerprint density at radius 2 is 1.37 bits per heavy atom. The minimum atomic E-state index is -2.30. The summed E-state index contributed by atoms with van der Waals surface area (Å²) < 4.78 is 44.6. The summed E-state index contributed by atoms with van der Waals surface area (Å²) in [5.41, 5.74) is 9.72. The van der Waals surface area contributed by atoms with Crippen molar-refractivity contribution in [3.05, 3.63) is 123 Å². The third kappa shape index (κ3) is 19.4. The number of nitrogens with one attached hydrogen (secondary N) is 8. The minimum absolute atomic E-state index is 0.0231. The number of rotatable bonds is 21. The lowest BCUT2D eigenvalue weighted by atomic mass is 9.86. The SMILES string of the molecule is CCCCCCCCNC(=O)Oc1cc(C)c2c(c1)[C@@H](C(=O)O)NC(=O)[C@H]1NC(=O)[C@H](NC(=O)[C@@H]3NC(=O)[C@H](CC(N)=O)NC(=O)[C@H](NC(=O)[C@@H](CC(C)C)NC)[C@H](O)c4ccc(c(C)c4)Oc4cc3cc(c4O[C@@H]3O[C@H](CO)[C@@H](O)[C@H](O)[C@H]3O[C@H]3C[C@](C)(N)[C@H](O)[C@H](C)O3)Oc3ccc(cc3Cl)[C@H]1O)c1ccc(O)c-2c1. The number of halogens is 1. The number of unbranched alkanes of at least 4 members (excludes halogenated alkanes) is 5. The number of phenols is 1. The Morgan fingerprint density at radius 1 is 0.723 bits per heavy atom. The molecule has 0 aromatic heterocycles. The maximum Gasteiger partial charge on any atom is 0.412 e. The Hall–Kier alpha value is -9.82. The quantitative estimate of drug-likeness (QED) is 0.0469. The number of amides is 8. The number of carbonyl (C=O) groups is 9. The van der Waals surface area contributed by atoms with Crippen molar-refractivity contribution in [2.45, 2.75) is 215 Å². The maximum absolute atomic E-state index is 16.3. The number of aliphatic hydroxyl groups excluding tert-OH is 6. The van der Waals surface area contributed by atoms with Crippen LogP contribution in [0.4, 0.5) is 4.79 Å². The van der Waals surface area contributed by atoms with Crippen LogP contribution in [0.2, 0.25) is 5.02 Å². The molecule has 20 N–H and O–H groups in total. The highest BCUT2D eigenvalue weighted by atomic mass is 35.5. The van der Waals surface area contributed by atoms with Gasteiger partial charge >= 0.3 is 12.1 Å². The molecular formula is C77H97ClN10O24. The standard InChI is InChI=1S/C77H97ClN10O24/c1-9-10-11-12-13-14-21-82-76(105)107-41-24-35(5)55-42-25-37(15-18-47(42)90)56-70(99)88-60(73(102)86-58(74(103)104)43(55)29-41)62(93)39-17-20-49(44(78)26-39)109-51-28-40-27-50(65(51)112-75-66(64(95)63(94)52(32-89)110-75)111-54-31-77(7,80)67(96)36(6)106-54)108-48-19-16-38(23-34(48)4)61(92)59(87-68(97)45(81-8)22-33(2)3)72(101)83-46(30-53(79)91)69(98)84-57(40)71(100)85-56/h15-20,23-29,33,36,45-46,52,54,56-64,66-67,75,81,89-90,92-96H,9-14,21-22,30-32,80H2,1-8H3,(H2,79,91)(H,82,105)(H,83,101)(H,84,98)(H,85,100)(H,86,102)(H,87,97)(H,88,99)(H,103,104)/t36-,45+,46-,52+,54-,56+,57+,58-,59+,60-,61+,62+,63+,64-,66+,67+,75-,77-/m0/s1. The van der Waals surface area contributed by atoms with Gasteiger partial charge in [0.05, 0.1) is 36.3 Å². The van der Waals surface area contributed by atoms with Crippen LogP contribution < -0.4 is 72.9 Å². The number of primary amides is 1. The fourth-order valence-corrected chi connectivity index (χ4v) is 14.4. The molecule has 0 spiro atoms. The lowest BCUT2D eigenvalue weighted by molar-refractivity contribution is -0.333. The number of ether oxygens (including phenoxy) is 7. The number of aromatic hydroxyl groups is 1. The molecule has 8 amide bonds. The zero-order valence-electron chi connectivity index (χ0n) is 62.8. The number of fused-ring (bicyclic) bond motifs is 15. The van der Waals surface area contributed by atoms with Crippen LogP contribution in [0.5, 0.6) is 40.2 Å². The summed E-state index contributed by atoms with van der Waals surface area (Å²) in [5, 5.41) is 114. The van der Waals surface area contributed by atoms with Crippen molar-refractivity contribution in [2.24, 2.45) is 17.4 Å². The second kappa shape index (κ2) is 36.3. The highest BCUT2D eigenvalue weighted by Crippen LogP contribution is 2.49. The predicted molar refractivity (Wildman–Crippen MR) is 398 cm³/mol. The predicted octanol–water partition coefficient (Wildman–Crippen LogP) is 3.11. The molecule has 12 rings (SSSR count). The molecule has 112 heavy (non-hydrogen) atoms. The van der Waals surface area contributed by atoms with E-state index in [1.165, 1.54) is 83.3 Å². The molecule has 7 aliphatic rings. The topological polar surface area (TPSA) is 528 Å². The first-order chi connectivity index (χ1) is 53.1. The number of carboxylic acids is 1. The van der Waals surface area contributed by atoms with E-state index in [1.807, 2.05) is 13.8 Å². The van der Waals surface area contributed by atoms with Gasteiger partial charge in [0.2, 0.25) is 53.4 Å². The lowest BCUT2D eigenvalue weighted by Gasteiger charge is -2.47. The van der Waals surface area contributed by atoms with Gasteiger partial charge in [-0.15, -0.1) is 0 Å². The van der Waals surface area contributed by atoms with Gasteiger partial charge in [-0.3, -0.25) is 33.6 Å². The molecular weight excluding hydrogens is 1480 g/mol. The van der Waals surface area contributed by atoms with Crippen molar-refractivity contribution >= 4 is 65.0 Å². The molecule has 7 aliphatic heterocycles. The third-order valence-electron chi connectivity index (χ3n) is 20.2. The Labute approximate surface area is 649 Å². The van der Waals surface area contributed by atoms with Crippen LogP contribution in [-0.2, 0) is 52.6 Å². The van der Waals surface area contributed by atoms with E-state index in [1.54, 1.807) is 0 Å². The van der Waals surface area contributed by atoms with E-state index >= 15 is 19.2 Å². The lowest BCUT2D eigenvalue weighted by Crippen LogP contribution is -2.64. The third-order valence-corrected chi connectivity index (χ3v) is 20.5. The first kappa shape index (κ1) is 84.6. The highest BCUT2D eigenvalue weighted by Gasteiger charge is 2.52. The summed E-state index contributed by atoms with van der Waals surface area (Å²) >= 11 is 7.16. The molecule has 35 heteroatoms. The van der Waals surface area contributed by atoms with E-state index < -0.39 is 209 Å². The number of hydrogen-bond acceptors (Lipinski definition) is 25. The summed E-state index contributed by atoms with van der Waals surface area (Å²) in [7, 11) is 1.50. The Balaban J connectivity index is 1.20. The molecule has 0 saturated carbocycles. The Morgan fingerprint density at radius 3 is 2.01 bits per heavy atom. The average molecular weight is 1580 g/mol. The van der Waals surface area contributed by atoms with E-state index in [9.17, 15) is 64.8 Å². The average Bonchev–Trinajstić information content (AvgIpc) is 0.764. The van der Waals surface area contributed by atoms with E-state index in [2.05, 4.69) is 49.5 Å². The fourth-order valence-electron chi connectivity index (χ4n) is 14.2. The highest BCUT2D eigenvalue weighted by molar-refractivity contribution is 6.32. The van der Waals surface area contributed by atoms with Gasteiger partial charge in [-0.05, 0) is 159 Å². The number of aryl methyl sites for hydroxylation is 2. The molecule has 5 aromatic carbocycles. The molecule has 18 atom stereocenters. The number of benzene rings is 5. The molecule has 0 radical (unpaired) electrons. The van der Waals surface area contributed by atoms with Gasteiger partial charge in [-0.1, -0.05) is 82.7 Å². The van der Waals surface area contributed by atoms with Gasteiger partial charge < -0.3 is 128 Å². The first-order valence-electron chi connectivity index (χ1n) is 36.9. The fraction of sp³-hybridized carbons (Fsp3) is 0.494. The van der Waals surface area contributed by atoms with E-state index in [0.29, 0.717) is 6.42 Å². The largest absolute Gasteiger partial charge is 0.507 e. The van der Waals surface area contributed by atoms with Crippen molar-refractivity contribution in [3.63, 3.8) is 0 Å². The summed E-state index contributed by atoms with van der Waals surface area (Å²) in [5.74, 6) is -13.4. The van der Waals surface area contributed by atoms with Gasteiger partial charge in [-0.25, -0.2) is 9.59 Å². The van der Waals surface area contributed by atoms with Gasteiger partial charge in [0, 0.05) is 24.1 Å².